The van der Waals surface area contributed by atoms with Crippen LogP contribution in [0.1, 0.15) is 39.7 Å². The van der Waals surface area contributed by atoms with Crippen LogP contribution < -0.4 is 5.32 Å². The zero-order valence-corrected chi connectivity index (χ0v) is 9.60. The summed E-state index contributed by atoms with van der Waals surface area (Å²) in [4.78, 5) is 15.7. The first-order chi connectivity index (χ1) is 7.19. The minimum atomic E-state index is -0.187. The summed E-state index contributed by atoms with van der Waals surface area (Å²) in [5.74, 6) is 0.0571. The van der Waals surface area contributed by atoms with Crippen molar-refractivity contribution in [1.82, 2.24) is 14.9 Å². The fourth-order valence-electron chi connectivity index (χ4n) is 1.45. The number of amides is 1. The maximum atomic E-state index is 11.8. The van der Waals surface area contributed by atoms with Crippen molar-refractivity contribution in [2.45, 2.75) is 45.7 Å². The zero-order chi connectivity index (χ0) is 11.3. The van der Waals surface area contributed by atoms with Crippen LogP contribution in [0, 0.1) is 0 Å². The molecule has 0 spiro atoms. The number of nitrogens with zero attached hydrogens (tertiary/aromatic N) is 2. The molecule has 1 aromatic heterocycles. The van der Waals surface area contributed by atoms with Crippen LogP contribution in [0.15, 0.2) is 18.7 Å². The van der Waals surface area contributed by atoms with E-state index in [9.17, 15) is 4.79 Å². The van der Waals surface area contributed by atoms with E-state index >= 15 is 0 Å². The number of carbonyl (C=O) groups is 1. The van der Waals surface area contributed by atoms with Gasteiger partial charge in [-0.2, -0.15) is 0 Å². The van der Waals surface area contributed by atoms with E-state index in [0.717, 1.165) is 12.8 Å². The molecule has 0 radical (unpaired) electrons. The third kappa shape index (κ3) is 3.08. The van der Waals surface area contributed by atoms with Crippen LogP contribution in [0.5, 0.6) is 0 Å². The van der Waals surface area contributed by atoms with E-state index < -0.39 is 0 Å². The largest absolute Gasteiger partial charge is 0.352 e. The molecule has 4 nitrogen and oxygen atoms in total. The molecule has 0 fully saturated rings. The second-order valence-electron chi connectivity index (χ2n) is 3.71. The number of imidazole rings is 1. The average molecular weight is 209 g/mol. The van der Waals surface area contributed by atoms with Crippen LogP contribution in [0.25, 0.3) is 0 Å². The summed E-state index contributed by atoms with van der Waals surface area (Å²) in [5, 5.41) is 3.02. The van der Waals surface area contributed by atoms with Gasteiger partial charge >= 0.3 is 0 Å². The van der Waals surface area contributed by atoms with Gasteiger partial charge in [0.05, 0.1) is 6.33 Å². The van der Waals surface area contributed by atoms with E-state index in [1.165, 1.54) is 0 Å². The number of rotatable bonds is 5. The monoisotopic (exact) mass is 209 g/mol. The molecule has 0 aliphatic rings. The van der Waals surface area contributed by atoms with Crippen molar-refractivity contribution < 1.29 is 4.79 Å². The van der Waals surface area contributed by atoms with Gasteiger partial charge in [-0.05, 0) is 19.8 Å². The van der Waals surface area contributed by atoms with Gasteiger partial charge in [-0.3, -0.25) is 4.79 Å². The lowest BCUT2D eigenvalue weighted by atomic mass is 10.1. The minimum absolute atomic E-state index is 0.0571. The van der Waals surface area contributed by atoms with Crippen molar-refractivity contribution in [3.05, 3.63) is 18.7 Å². The molecule has 84 valence electrons. The topological polar surface area (TPSA) is 46.9 Å². The van der Waals surface area contributed by atoms with E-state index in [2.05, 4.69) is 24.1 Å². The van der Waals surface area contributed by atoms with Crippen molar-refractivity contribution >= 4 is 5.91 Å². The van der Waals surface area contributed by atoms with Gasteiger partial charge in [0.15, 0.2) is 0 Å². The SMILES string of the molecule is CCC(CC)NC(=O)C(C)n1ccnc1. The number of carbonyl (C=O) groups excluding carboxylic acids is 1. The standard InChI is InChI=1S/C11H19N3O/c1-4-10(5-2)13-11(15)9(3)14-7-6-12-8-14/h6-10H,4-5H2,1-3H3,(H,13,15). The highest BCUT2D eigenvalue weighted by molar-refractivity contribution is 5.80. The summed E-state index contributed by atoms with van der Waals surface area (Å²) >= 11 is 0. The molecule has 15 heavy (non-hydrogen) atoms. The van der Waals surface area contributed by atoms with Crippen LogP contribution in [-0.2, 0) is 4.79 Å². The van der Waals surface area contributed by atoms with Crippen molar-refractivity contribution in [1.29, 1.82) is 0 Å². The van der Waals surface area contributed by atoms with E-state index in [4.69, 9.17) is 0 Å². The molecule has 1 rings (SSSR count). The Labute approximate surface area is 90.7 Å². The average Bonchev–Trinajstić information content (AvgIpc) is 2.77. The Morgan fingerprint density at radius 3 is 2.60 bits per heavy atom. The first kappa shape index (κ1) is 11.8. The molecular formula is C11H19N3O. The predicted molar refractivity (Wildman–Crippen MR) is 59.5 cm³/mol. The quantitative estimate of drug-likeness (QED) is 0.803. The Kier molecular flexibility index (Phi) is 4.34. The number of nitrogens with one attached hydrogen (secondary N) is 1. The van der Waals surface area contributed by atoms with Crippen LogP contribution in [0.3, 0.4) is 0 Å². The summed E-state index contributed by atoms with van der Waals surface area (Å²) in [6.07, 6.45) is 7.09. The van der Waals surface area contributed by atoms with Crippen LogP contribution in [-0.4, -0.2) is 21.5 Å². The molecular weight excluding hydrogens is 190 g/mol. The van der Waals surface area contributed by atoms with Gasteiger partial charge in [-0.1, -0.05) is 13.8 Å². The lowest BCUT2D eigenvalue weighted by Crippen LogP contribution is -2.38. The third-order valence-corrected chi connectivity index (χ3v) is 2.68. The van der Waals surface area contributed by atoms with Gasteiger partial charge in [-0.25, -0.2) is 4.98 Å². The van der Waals surface area contributed by atoms with Crippen molar-refractivity contribution in [3.63, 3.8) is 0 Å². The molecule has 0 bridgehead atoms. The molecule has 1 N–H and O–H groups in total. The maximum absolute atomic E-state index is 11.8. The highest BCUT2D eigenvalue weighted by Gasteiger charge is 2.16. The predicted octanol–water partition coefficient (Wildman–Crippen LogP) is 1.75. The number of hydrogen-bond donors (Lipinski definition) is 1. The second kappa shape index (κ2) is 5.53. The minimum Gasteiger partial charge on any atom is -0.352 e. The smallest absolute Gasteiger partial charge is 0.243 e. The lowest BCUT2D eigenvalue weighted by Gasteiger charge is -2.19. The van der Waals surface area contributed by atoms with E-state index in [-0.39, 0.29) is 18.0 Å². The fraction of sp³-hybridized carbons (Fsp3) is 0.636. The first-order valence-electron chi connectivity index (χ1n) is 5.46. The Hall–Kier alpha value is -1.32. The fourth-order valence-corrected chi connectivity index (χ4v) is 1.45. The third-order valence-electron chi connectivity index (χ3n) is 2.68. The molecule has 1 unspecified atom stereocenters. The van der Waals surface area contributed by atoms with E-state index in [0.29, 0.717) is 0 Å². The van der Waals surface area contributed by atoms with Crippen molar-refractivity contribution in [2.24, 2.45) is 0 Å². The van der Waals surface area contributed by atoms with E-state index in [1.807, 2.05) is 6.92 Å². The highest BCUT2D eigenvalue weighted by Crippen LogP contribution is 2.06. The lowest BCUT2D eigenvalue weighted by molar-refractivity contribution is -0.124. The molecule has 0 saturated heterocycles. The van der Waals surface area contributed by atoms with Gasteiger partial charge < -0.3 is 9.88 Å². The number of aromatic nitrogens is 2. The van der Waals surface area contributed by atoms with Gasteiger partial charge in [-0.15, -0.1) is 0 Å². The zero-order valence-electron chi connectivity index (χ0n) is 9.60. The molecule has 4 heteroatoms. The molecule has 0 aromatic carbocycles. The van der Waals surface area contributed by atoms with Gasteiger partial charge in [0, 0.05) is 18.4 Å². The molecule has 0 aliphatic heterocycles. The van der Waals surface area contributed by atoms with Gasteiger partial charge in [0.25, 0.3) is 0 Å². The Morgan fingerprint density at radius 1 is 1.47 bits per heavy atom. The molecule has 1 atom stereocenters. The summed E-state index contributed by atoms with van der Waals surface area (Å²) in [5.41, 5.74) is 0. The molecule has 0 aliphatic carbocycles. The van der Waals surface area contributed by atoms with Crippen LogP contribution >= 0.6 is 0 Å². The number of hydrogen-bond acceptors (Lipinski definition) is 2. The molecule has 1 amide bonds. The van der Waals surface area contributed by atoms with Crippen LogP contribution in [0.4, 0.5) is 0 Å². The van der Waals surface area contributed by atoms with Gasteiger partial charge in [0.2, 0.25) is 5.91 Å². The second-order valence-corrected chi connectivity index (χ2v) is 3.71. The van der Waals surface area contributed by atoms with Crippen molar-refractivity contribution in [3.8, 4) is 0 Å². The molecule has 1 heterocycles. The Morgan fingerprint density at radius 2 is 2.13 bits per heavy atom. The first-order valence-corrected chi connectivity index (χ1v) is 5.46. The van der Waals surface area contributed by atoms with E-state index in [1.54, 1.807) is 23.3 Å². The Balaban J connectivity index is 2.53. The summed E-state index contributed by atoms with van der Waals surface area (Å²) < 4.78 is 1.80. The van der Waals surface area contributed by atoms with Crippen molar-refractivity contribution in [2.75, 3.05) is 0 Å². The maximum Gasteiger partial charge on any atom is 0.243 e. The van der Waals surface area contributed by atoms with Crippen LogP contribution in [0.2, 0.25) is 0 Å². The molecule has 0 saturated carbocycles. The molecule has 1 aromatic rings. The summed E-state index contributed by atoms with van der Waals surface area (Å²) in [6.45, 7) is 6.03. The summed E-state index contributed by atoms with van der Waals surface area (Å²) in [6, 6.07) is 0.0940. The Bertz CT molecular complexity index is 291. The normalized spacial score (nSPS) is 12.8. The highest BCUT2D eigenvalue weighted by atomic mass is 16.2. The summed E-state index contributed by atoms with van der Waals surface area (Å²) in [7, 11) is 0. The van der Waals surface area contributed by atoms with Gasteiger partial charge in [0.1, 0.15) is 6.04 Å².